The molecule has 0 spiro atoms. The van der Waals surface area contributed by atoms with E-state index in [0.29, 0.717) is 12.6 Å². The van der Waals surface area contributed by atoms with Gasteiger partial charge in [0, 0.05) is 11.1 Å². The lowest BCUT2D eigenvalue weighted by Gasteiger charge is -2.19. The van der Waals surface area contributed by atoms with Crippen LogP contribution in [0.4, 0.5) is 0 Å². The lowest BCUT2D eigenvalue weighted by Crippen LogP contribution is -2.32. The molecule has 0 heterocycles. The summed E-state index contributed by atoms with van der Waals surface area (Å²) in [5.74, 6) is 0.922. The Bertz CT molecular complexity index is 530. The van der Waals surface area contributed by atoms with E-state index in [2.05, 4.69) is 18.3 Å². The molecule has 0 fully saturated rings. The lowest BCUT2D eigenvalue weighted by atomic mass is 10.0. The molecule has 1 unspecified atom stereocenters. The van der Waals surface area contributed by atoms with Crippen molar-refractivity contribution < 1.29 is 4.74 Å². The fourth-order valence-corrected chi connectivity index (χ4v) is 2.54. The molecule has 0 aliphatic carbocycles. The SMILES string of the molecule is CCNC(CCOc1ccccc1)Cc1ccccc1Cl. The molecule has 2 aromatic rings. The van der Waals surface area contributed by atoms with Crippen LogP contribution in [-0.4, -0.2) is 19.2 Å². The molecule has 2 aromatic carbocycles. The largest absolute Gasteiger partial charge is 0.494 e. The molecule has 2 rings (SSSR count). The topological polar surface area (TPSA) is 21.3 Å². The van der Waals surface area contributed by atoms with E-state index in [4.69, 9.17) is 16.3 Å². The zero-order valence-electron chi connectivity index (χ0n) is 12.4. The first-order valence-corrected chi connectivity index (χ1v) is 7.82. The van der Waals surface area contributed by atoms with Crippen molar-refractivity contribution in [3.8, 4) is 5.75 Å². The molecule has 0 bridgehead atoms. The van der Waals surface area contributed by atoms with Crippen molar-refractivity contribution >= 4 is 11.6 Å². The summed E-state index contributed by atoms with van der Waals surface area (Å²) in [6, 6.07) is 18.3. The van der Waals surface area contributed by atoms with Gasteiger partial charge in [0.05, 0.1) is 6.61 Å². The molecule has 0 aliphatic rings. The zero-order chi connectivity index (χ0) is 14.9. The molecule has 0 radical (unpaired) electrons. The average Bonchev–Trinajstić information content (AvgIpc) is 2.51. The second-order valence-electron chi connectivity index (χ2n) is 5.00. The molecule has 1 atom stereocenters. The smallest absolute Gasteiger partial charge is 0.119 e. The lowest BCUT2D eigenvalue weighted by molar-refractivity contribution is 0.285. The van der Waals surface area contributed by atoms with Gasteiger partial charge in [-0.2, -0.15) is 0 Å². The van der Waals surface area contributed by atoms with E-state index < -0.39 is 0 Å². The number of nitrogens with one attached hydrogen (secondary N) is 1. The summed E-state index contributed by atoms with van der Waals surface area (Å²) in [5, 5.41) is 4.34. The Hall–Kier alpha value is -1.51. The number of ether oxygens (including phenoxy) is 1. The highest BCUT2D eigenvalue weighted by Gasteiger charge is 2.10. The Kier molecular flexibility index (Phi) is 6.58. The van der Waals surface area contributed by atoms with Gasteiger partial charge in [0.2, 0.25) is 0 Å². The molecule has 0 amide bonds. The fourth-order valence-electron chi connectivity index (χ4n) is 2.33. The van der Waals surface area contributed by atoms with Crippen molar-refractivity contribution in [2.24, 2.45) is 0 Å². The Morgan fingerprint density at radius 1 is 1.05 bits per heavy atom. The van der Waals surface area contributed by atoms with Gasteiger partial charge in [0.15, 0.2) is 0 Å². The summed E-state index contributed by atoms with van der Waals surface area (Å²) in [6.45, 7) is 3.77. The van der Waals surface area contributed by atoms with E-state index in [9.17, 15) is 0 Å². The monoisotopic (exact) mass is 303 g/mol. The van der Waals surface area contributed by atoms with Gasteiger partial charge in [-0.3, -0.25) is 0 Å². The minimum atomic E-state index is 0.374. The van der Waals surface area contributed by atoms with E-state index in [1.165, 1.54) is 5.56 Å². The van der Waals surface area contributed by atoms with Crippen molar-refractivity contribution in [1.82, 2.24) is 5.32 Å². The van der Waals surface area contributed by atoms with Crippen LogP contribution in [0, 0.1) is 0 Å². The van der Waals surface area contributed by atoms with Gasteiger partial charge in [-0.25, -0.2) is 0 Å². The number of para-hydroxylation sites is 1. The first kappa shape index (κ1) is 15.9. The molecule has 0 saturated carbocycles. The third-order valence-corrected chi connectivity index (χ3v) is 3.76. The molecule has 112 valence electrons. The Morgan fingerprint density at radius 3 is 2.48 bits per heavy atom. The summed E-state index contributed by atoms with van der Waals surface area (Å²) in [7, 11) is 0. The van der Waals surface area contributed by atoms with Crippen LogP contribution in [0.15, 0.2) is 54.6 Å². The summed E-state index contributed by atoms with van der Waals surface area (Å²) in [4.78, 5) is 0. The van der Waals surface area contributed by atoms with E-state index in [0.717, 1.165) is 30.2 Å². The maximum absolute atomic E-state index is 6.24. The maximum Gasteiger partial charge on any atom is 0.119 e. The van der Waals surface area contributed by atoms with E-state index in [-0.39, 0.29) is 0 Å². The van der Waals surface area contributed by atoms with Crippen LogP contribution < -0.4 is 10.1 Å². The van der Waals surface area contributed by atoms with Crippen molar-refractivity contribution in [1.29, 1.82) is 0 Å². The molecule has 2 nitrogen and oxygen atoms in total. The first-order valence-electron chi connectivity index (χ1n) is 7.44. The quantitative estimate of drug-likeness (QED) is 0.784. The fraction of sp³-hybridized carbons (Fsp3) is 0.333. The molecule has 3 heteroatoms. The Morgan fingerprint density at radius 2 is 1.76 bits per heavy atom. The van der Waals surface area contributed by atoms with Crippen LogP contribution in [0.2, 0.25) is 5.02 Å². The number of halogens is 1. The van der Waals surface area contributed by atoms with Gasteiger partial charge in [0.1, 0.15) is 5.75 Å². The minimum Gasteiger partial charge on any atom is -0.494 e. The van der Waals surface area contributed by atoms with Gasteiger partial charge < -0.3 is 10.1 Å². The van der Waals surface area contributed by atoms with Gasteiger partial charge in [-0.15, -0.1) is 0 Å². The van der Waals surface area contributed by atoms with Gasteiger partial charge >= 0.3 is 0 Å². The standard InChI is InChI=1S/C18H22ClNO/c1-2-20-16(14-15-8-6-7-11-18(15)19)12-13-21-17-9-4-3-5-10-17/h3-11,16,20H,2,12-14H2,1H3. The van der Waals surface area contributed by atoms with Gasteiger partial charge in [-0.1, -0.05) is 54.9 Å². The van der Waals surface area contributed by atoms with E-state index in [1.54, 1.807) is 0 Å². The molecular weight excluding hydrogens is 282 g/mol. The first-order chi connectivity index (χ1) is 10.3. The van der Waals surface area contributed by atoms with Crippen molar-refractivity contribution in [2.75, 3.05) is 13.2 Å². The van der Waals surface area contributed by atoms with Crippen LogP contribution in [-0.2, 0) is 6.42 Å². The highest BCUT2D eigenvalue weighted by atomic mass is 35.5. The second-order valence-corrected chi connectivity index (χ2v) is 5.41. The molecule has 0 saturated heterocycles. The zero-order valence-corrected chi connectivity index (χ0v) is 13.1. The van der Waals surface area contributed by atoms with Crippen LogP contribution in [0.3, 0.4) is 0 Å². The normalized spacial score (nSPS) is 12.1. The minimum absolute atomic E-state index is 0.374. The third-order valence-electron chi connectivity index (χ3n) is 3.40. The second kappa shape index (κ2) is 8.71. The molecule has 21 heavy (non-hydrogen) atoms. The highest BCUT2D eigenvalue weighted by Crippen LogP contribution is 2.18. The summed E-state index contributed by atoms with van der Waals surface area (Å²) in [6.07, 6.45) is 1.87. The molecule has 0 aromatic heterocycles. The summed E-state index contributed by atoms with van der Waals surface area (Å²) >= 11 is 6.24. The molecule has 1 N–H and O–H groups in total. The van der Waals surface area contributed by atoms with Gasteiger partial charge in [-0.05, 0) is 43.1 Å². The van der Waals surface area contributed by atoms with Crippen LogP contribution >= 0.6 is 11.6 Å². The summed E-state index contributed by atoms with van der Waals surface area (Å²) in [5.41, 5.74) is 1.19. The average molecular weight is 304 g/mol. The number of hydrogen-bond acceptors (Lipinski definition) is 2. The van der Waals surface area contributed by atoms with Crippen molar-refractivity contribution in [3.05, 3.63) is 65.2 Å². The summed E-state index contributed by atoms with van der Waals surface area (Å²) < 4.78 is 5.78. The highest BCUT2D eigenvalue weighted by molar-refractivity contribution is 6.31. The van der Waals surface area contributed by atoms with Crippen LogP contribution in [0.1, 0.15) is 18.9 Å². The predicted octanol–water partition coefficient (Wildman–Crippen LogP) is 4.33. The van der Waals surface area contributed by atoms with Gasteiger partial charge in [0.25, 0.3) is 0 Å². The molecular formula is C18H22ClNO. The molecule has 0 aliphatic heterocycles. The van der Waals surface area contributed by atoms with Crippen LogP contribution in [0.25, 0.3) is 0 Å². The van der Waals surface area contributed by atoms with Crippen molar-refractivity contribution in [2.45, 2.75) is 25.8 Å². The maximum atomic E-state index is 6.24. The number of rotatable bonds is 8. The third kappa shape index (κ3) is 5.41. The van der Waals surface area contributed by atoms with E-state index >= 15 is 0 Å². The van der Waals surface area contributed by atoms with E-state index in [1.807, 2.05) is 48.5 Å². The Balaban J connectivity index is 1.86. The number of likely N-dealkylation sites (N-methyl/N-ethyl adjacent to an activating group) is 1. The number of hydrogen-bond donors (Lipinski definition) is 1. The van der Waals surface area contributed by atoms with Crippen LogP contribution in [0.5, 0.6) is 5.75 Å². The van der Waals surface area contributed by atoms with Crippen molar-refractivity contribution in [3.63, 3.8) is 0 Å². The Labute approximate surface area is 132 Å². The number of benzene rings is 2. The predicted molar refractivity (Wildman–Crippen MR) is 89.2 cm³/mol.